The normalized spacial score (nSPS) is 12.6. The summed E-state index contributed by atoms with van der Waals surface area (Å²) in [4.78, 5) is 12.1. The van der Waals surface area contributed by atoms with Crippen LogP contribution in [0.1, 0.15) is 44.5 Å². The lowest BCUT2D eigenvalue weighted by atomic mass is 9.89. The van der Waals surface area contributed by atoms with Crippen LogP contribution in [0.2, 0.25) is 0 Å². The van der Waals surface area contributed by atoms with Gasteiger partial charge in [-0.15, -0.1) is 0 Å². The Balaban J connectivity index is 2.66. The van der Waals surface area contributed by atoms with E-state index in [0.29, 0.717) is 30.1 Å². The Kier molecular flexibility index (Phi) is 6.68. The molecule has 0 aliphatic rings. The van der Waals surface area contributed by atoms with Crippen molar-refractivity contribution in [1.29, 1.82) is 0 Å². The van der Waals surface area contributed by atoms with Gasteiger partial charge < -0.3 is 19.9 Å². The molecule has 5 heteroatoms. The molecular weight excluding hydrogens is 282 g/mol. The van der Waals surface area contributed by atoms with Crippen LogP contribution >= 0.6 is 0 Å². The van der Waals surface area contributed by atoms with Crippen molar-refractivity contribution in [3.05, 3.63) is 23.8 Å². The van der Waals surface area contributed by atoms with Crippen molar-refractivity contribution in [2.75, 3.05) is 20.3 Å². The Morgan fingerprint density at radius 3 is 2.55 bits per heavy atom. The number of carbonyl (C=O) groups excluding carboxylic acids is 1. The summed E-state index contributed by atoms with van der Waals surface area (Å²) >= 11 is 0. The van der Waals surface area contributed by atoms with Crippen LogP contribution in [-0.4, -0.2) is 37.4 Å². The second-order valence-electron chi connectivity index (χ2n) is 6.43. The molecule has 1 unspecified atom stereocenters. The van der Waals surface area contributed by atoms with Crippen LogP contribution in [0.25, 0.3) is 0 Å². The van der Waals surface area contributed by atoms with E-state index >= 15 is 0 Å². The largest absolute Gasteiger partial charge is 0.493 e. The third-order valence-corrected chi connectivity index (χ3v) is 3.07. The lowest BCUT2D eigenvalue weighted by molar-refractivity contribution is 0.0868. The quantitative estimate of drug-likeness (QED) is 0.812. The van der Waals surface area contributed by atoms with E-state index in [1.807, 2.05) is 6.92 Å². The second-order valence-corrected chi connectivity index (χ2v) is 6.43. The molecule has 1 atom stereocenters. The molecule has 0 aliphatic heterocycles. The minimum atomic E-state index is -0.562. The van der Waals surface area contributed by atoms with Crippen LogP contribution in [0.3, 0.4) is 0 Å². The number of nitrogens with one attached hydrogen (secondary N) is 1. The van der Waals surface area contributed by atoms with Gasteiger partial charge in [-0.2, -0.15) is 0 Å². The number of methoxy groups -OCH3 is 1. The number of aliphatic hydroxyl groups excluding tert-OH is 1. The van der Waals surface area contributed by atoms with E-state index in [9.17, 15) is 9.90 Å². The zero-order valence-electron chi connectivity index (χ0n) is 14.1. The minimum absolute atomic E-state index is 0.0203. The molecule has 22 heavy (non-hydrogen) atoms. The van der Waals surface area contributed by atoms with E-state index in [-0.39, 0.29) is 17.9 Å². The van der Waals surface area contributed by atoms with Gasteiger partial charge in [0, 0.05) is 12.1 Å². The van der Waals surface area contributed by atoms with Crippen molar-refractivity contribution >= 4 is 5.91 Å². The molecule has 1 aromatic carbocycles. The Hall–Kier alpha value is -1.75. The summed E-state index contributed by atoms with van der Waals surface area (Å²) in [6, 6.07) is 5.03. The van der Waals surface area contributed by atoms with Gasteiger partial charge in [-0.25, -0.2) is 0 Å². The number of ether oxygens (including phenoxy) is 2. The molecule has 0 radical (unpaired) electrons. The molecule has 0 aliphatic carbocycles. The molecule has 1 aromatic rings. The predicted octanol–water partition coefficient (Wildman–Crippen LogP) is 2.62. The Bertz CT molecular complexity index is 494. The molecule has 2 N–H and O–H groups in total. The maximum atomic E-state index is 12.1. The summed E-state index contributed by atoms with van der Waals surface area (Å²) in [7, 11) is 1.53. The van der Waals surface area contributed by atoms with Gasteiger partial charge in [-0.1, -0.05) is 20.8 Å². The van der Waals surface area contributed by atoms with Gasteiger partial charge >= 0.3 is 0 Å². The van der Waals surface area contributed by atoms with E-state index in [2.05, 4.69) is 26.1 Å². The molecule has 1 rings (SSSR count). The molecular formula is C17H27NO4. The summed E-state index contributed by atoms with van der Waals surface area (Å²) in [6.07, 6.45) is 0.0633. The third-order valence-electron chi connectivity index (χ3n) is 3.07. The highest BCUT2D eigenvalue weighted by molar-refractivity contribution is 5.94. The van der Waals surface area contributed by atoms with Crippen LogP contribution in [0.4, 0.5) is 0 Å². The van der Waals surface area contributed by atoms with E-state index in [1.165, 1.54) is 7.11 Å². The number of hydrogen-bond acceptors (Lipinski definition) is 4. The van der Waals surface area contributed by atoms with Gasteiger partial charge in [0.2, 0.25) is 0 Å². The van der Waals surface area contributed by atoms with Gasteiger partial charge in [-0.05, 0) is 37.0 Å². The van der Waals surface area contributed by atoms with Crippen LogP contribution in [0.5, 0.6) is 11.5 Å². The zero-order valence-corrected chi connectivity index (χ0v) is 14.1. The first-order valence-electron chi connectivity index (χ1n) is 7.54. The third kappa shape index (κ3) is 5.93. The highest BCUT2D eigenvalue weighted by Gasteiger charge is 2.18. The molecule has 0 fully saturated rings. The van der Waals surface area contributed by atoms with E-state index < -0.39 is 6.10 Å². The Morgan fingerprint density at radius 1 is 1.32 bits per heavy atom. The SMILES string of the molecule is CCOc1ccc(C(=O)NCC(O)CC(C)(C)C)cc1OC. The average Bonchev–Trinajstić information content (AvgIpc) is 2.43. The molecule has 0 saturated carbocycles. The average molecular weight is 309 g/mol. The Morgan fingerprint density at radius 2 is 2.00 bits per heavy atom. The summed E-state index contributed by atoms with van der Waals surface area (Å²) in [6.45, 7) is 8.79. The molecule has 0 spiro atoms. The monoisotopic (exact) mass is 309 g/mol. The van der Waals surface area contributed by atoms with Crippen molar-refractivity contribution in [3.8, 4) is 11.5 Å². The first-order valence-corrected chi connectivity index (χ1v) is 7.54. The summed E-state index contributed by atoms with van der Waals surface area (Å²) in [5, 5.41) is 12.7. The summed E-state index contributed by atoms with van der Waals surface area (Å²) < 4.78 is 10.6. The van der Waals surface area contributed by atoms with Crippen LogP contribution in [0, 0.1) is 5.41 Å². The molecule has 124 valence electrons. The number of rotatable bonds is 7. The van der Waals surface area contributed by atoms with Crippen LogP contribution < -0.4 is 14.8 Å². The van der Waals surface area contributed by atoms with Gasteiger partial charge in [-0.3, -0.25) is 4.79 Å². The van der Waals surface area contributed by atoms with Crippen molar-refractivity contribution in [2.45, 2.75) is 40.2 Å². The fourth-order valence-electron chi connectivity index (χ4n) is 2.18. The van der Waals surface area contributed by atoms with Crippen molar-refractivity contribution in [3.63, 3.8) is 0 Å². The van der Waals surface area contributed by atoms with Gasteiger partial charge in [0.05, 0.1) is 19.8 Å². The lowest BCUT2D eigenvalue weighted by Crippen LogP contribution is -2.34. The van der Waals surface area contributed by atoms with Crippen molar-refractivity contribution in [1.82, 2.24) is 5.32 Å². The zero-order chi connectivity index (χ0) is 16.8. The highest BCUT2D eigenvalue weighted by atomic mass is 16.5. The lowest BCUT2D eigenvalue weighted by Gasteiger charge is -2.22. The second kappa shape index (κ2) is 8.03. The fraction of sp³-hybridized carbons (Fsp3) is 0.588. The molecule has 0 saturated heterocycles. The highest BCUT2D eigenvalue weighted by Crippen LogP contribution is 2.28. The number of carbonyl (C=O) groups is 1. The van der Waals surface area contributed by atoms with Crippen LogP contribution in [0.15, 0.2) is 18.2 Å². The molecule has 0 heterocycles. The molecule has 0 aromatic heterocycles. The van der Waals surface area contributed by atoms with E-state index in [4.69, 9.17) is 9.47 Å². The van der Waals surface area contributed by atoms with Crippen molar-refractivity contribution < 1.29 is 19.4 Å². The summed E-state index contributed by atoms with van der Waals surface area (Å²) in [5.74, 6) is 0.883. The number of aliphatic hydroxyl groups is 1. The first-order chi connectivity index (χ1) is 10.3. The van der Waals surface area contributed by atoms with Crippen molar-refractivity contribution in [2.24, 2.45) is 5.41 Å². The van der Waals surface area contributed by atoms with Gasteiger partial charge in [0.15, 0.2) is 11.5 Å². The topological polar surface area (TPSA) is 67.8 Å². The number of hydrogen-bond donors (Lipinski definition) is 2. The molecule has 0 bridgehead atoms. The van der Waals surface area contributed by atoms with Crippen LogP contribution in [-0.2, 0) is 0 Å². The minimum Gasteiger partial charge on any atom is -0.493 e. The maximum Gasteiger partial charge on any atom is 0.251 e. The van der Waals surface area contributed by atoms with E-state index in [1.54, 1.807) is 18.2 Å². The fourth-order valence-corrected chi connectivity index (χ4v) is 2.18. The summed E-state index contributed by atoms with van der Waals surface area (Å²) in [5.41, 5.74) is 0.496. The predicted molar refractivity (Wildman–Crippen MR) is 86.6 cm³/mol. The van der Waals surface area contributed by atoms with Gasteiger partial charge in [0.25, 0.3) is 5.91 Å². The smallest absolute Gasteiger partial charge is 0.251 e. The number of benzene rings is 1. The number of amides is 1. The maximum absolute atomic E-state index is 12.1. The van der Waals surface area contributed by atoms with E-state index in [0.717, 1.165) is 0 Å². The molecule has 5 nitrogen and oxygen atoms in total. The Labute approximate surface area is 132 Å². The standard InChI is InChI=1S/C17H27NO4/c1-6-22-14-8-7-12(9-15(14)21-5)16(20)18-11-13(19)10-17(2,3)4/h7-9,13,19H,6,10-11H2,1-5H3,(H,18,20). The van der Waals surface area contributed by atoms with Gasteiger partial charge in [0.1, 0.15) is 0 Å². The first kappa shape index (κ1) is 18.3. The molecule has 1 amide bonds.